The molecule has 3 saturated carbocycles. The van der Waals surface area contributed by atoms with Gasteiger partial charge in [-0.05, 0) is 55.4 Å². The first-order chi connectivity index (χ1) is 16.2. The van der Waals surface area contributed by atoms with E-state index in [0.717, 1.165) is 18.4 Å². The fourth-order valence-electron chi connectivity index (χ4n) is 8.88. The van der Waals surface area contributed by atoms with Crippen LogP contribution in [0.15, 0.2) is 11.6 Å². The van der Waals surface area contributed by atoms with E-state index in [-0.39, 0.29) is 34.9 Å². The molecule has 0 aliphatic heterocycles. The summed E-state index contributed by atoms with van der Waals surface area (Å²) in [4.78, 5) is 38.1. The van der Waals surface area contributed by atoms with Crippen molar-refractivity contribution in [2.24, 2.45) is 34.5 Å². The Kier molecular flexibility index (Phi) is 6.73. The number of hydrogen-bond acceptors (Lipinski definition) is 7. The Bertz CT molecular complexity index is 963. The molecule has 0 amide bonds. The first-order valence-electron chi connectivity index (χ1n) is 12.7. The molecule has 3 fully saturated rings. The first-order valence-corrected chi connectivity index (χ1v) is 13.4. The van der Waals surface area contributed by atoms with Gasteiger partial charge in [-0.3, -0.25) is 14.4 Å². The summed E-state index contributed by atoms with van der Waals surface area (Å²) in [6.07, 6.45) is 2.70. The van der Waals surface area contributed by atoms with Gasteiger partial charge in [-0.15, -0.1) is 0 Å². The van der Waals surface area contributed by atoms with Crippen LogP contribution in [0.2, 0.25) is 0 Å². The summed E-state index contributed by atoms with van der Waals surface area (Å²) in [7, 11) is 2.87. The van der Waals surface area contributed by atoms with Gasteiger partial charge in [0, 0.05) is 38.4 Å². The smallest absolute Gasteiger partial charge is 0.305 e. The van der Waals surface area contributed by atoms with E-state index in [4.69, 9.17) is 14.2 Å². The van der Waals surface area contributed by atoms with E-state index in [2.05, 4.69) is 29.8 Å². The molecule has 0 saturated heterocycles. The van der Waals surface area contributed by atoms with Crippen molar-refractivity contribution in [1.82, 2.24) is 0 Å². The average Bonchev–Trinajstić information content (AvgIpc) is 3.01. The van der Waals surface area contributed by atoms with Crippen molar-refractivity contribution in [3.63, 3.8) is 0 Å². The third kappa shape index (κ3) is 3.35. The van der Waals surface area contributed by atoms with Crippen molar-refractivity contribution in [1.29, 1.82) is 0 Å². The highest BCUT2D eigenvalue weighted by Crippen LogP contribution is 2.73. The number of aliphatic hydroxyl groups is 1. The largest absolute Gasteiger partial charge is 0.428 e. The summed E-state index contributed by atoms with van der Waals surface area (Å²) in [6.45, 7) is 9.65. The number of alkyl halides is 1. The van der Waals surface area contributed by atoms with Crippen molar-refractivity contribution in [3.8, 4) is 0 Å². The first kappa shape index (κ1) is 27.0. The predicted octanol–water partition coefficient (Wildman–Crippen LogP) is 3.99. The summed E-state index contributed by atoms with van der Waals surface area (Å²) in [6, 6.07) is 0. The molecule has 8 heteroatoms. The van der Waals surface area contributed by atoms with E-state index in [1.807, 2.05) is 19.9 Å². The quantitative estimate of drug-likeness (QED) is 0.311. The van der Waals surface area contributed by atoms with Crippen LogP contribution in [-0.2, 0) is 28.6 Å². The summed E-state index contributed by atoms with van der Waals surface area (Å²) in [5, 5.41) is 11.9. The number of fused-ring (bicyclic) bond motifs is 5. The zero-order valence-corrected chi connectivity index (χ0v) is 23.4. The van der Waals surface area contributed by atoms with E-state index in [1.54, 1.807) is 0 Å². The second-order valence-corrected chi connectivity index (χ2v) is 13.1. The molecular formula is C27H39BrO7. The van der Waals surface area contributed by atoms with Gasteiger partial charge in [0.1, 0.15) is 5.60 Å². The van der Waals surface area contributed by atoms with Gasteiger partial charge in [-0.25, -0.2) is 0 Å². The Morgan fingerprint density at radius 3 is 2.40 bits per heavy atom. The molecule has 0 aromatic carbocycles. The highest BCUT2D eigenvalue weighted by molar-refractivity contribution is 9.10. The lowest BCUT2D eigenvalue weighted by Crippen LogP contribution is -2.70. The van der Waals surface area contributed by atoms with Crippen LogP contribution in [0.3, 0.4) is 0 Å². The van der Waals surface area contributed by atoms with Crippen LogP contribution >= 0.6 is 15.9 Å². The number of methoxy groups -OCH3 is 2. The second-order valence-electron chi connectivity index (χ2n) is 11.8. The monoisotopic (exact) mass is 554 g/mol. The molecule has 0 heterocycles. The van der Waals surface area contributed by atoms with Crippen LogP contribution in [0.1, 0.15) is 66.7 Å². The molecule has 0 radical (unpaired) electrons. The number of ketones is 2. The van der Waals surface area contributed by atoms with Gasteiger partial charge >= 0.3 is 5.97 Å². The minimum absolute atomic E-state index is 0.0589. The third-order valence-corrected chi connectivity index (χ3v) is 12.3. The number of hydrogen-bond donors (Lipinski definition) is 1. The molecule has 35 heavy (non-hydrogen) atoms. The van der Waals surface area contributed by atoms with Crippen LogP contribution in [0, 0.1) is 34.5 Å². The lowest BCUT2D eigenvalue weighted by Gasteiger charge is -2.66. The maximum Gasteiger partial charge on any atom is 0.305 e. The standard InChI is InChI=1S/C27H39BrO7/c1-14-10-20-19-11-15(2)27(34-7,22(32)23(33-6)35-16(3)29)25(19,5)13-21(31)26(20,28)24(4)9-8-17(30)12-18(14)24/h12,14-15,19-21,23,31H,8-11,13H2,1-7H3/t14-,15-,19-,20-,21-,23?,24-,25-,26-,27-/m0/s1. The SMILES string of the molecule is COC(OC(C)=O)C(=O)[C@@]1(OC)[C@@H](C)C[C@H]2[C@@H]3C[C@H](C)C4=CC(=O)CC[C@]4(C)[C@@]3(Br)[C@@H](O)C[C@@]21C. The van der Waals surface area contributed by atoms with Crippen LogP contribution < -0.4 is 0 Å². The summed E-state index contributed by atoms with van der Waals surface area (Å²) in [5.41, 5.74) is -1.24. The van der Waals surface area contributed by atoms with Crippen LogP contribution in [0.25, 0.3) is 0 Å². The Hall–Kier alpha value is -1.09. The lowest BCUT2D eigenvalue weighted by atomic mass is 9.43. The summed E-state index contributed by atoms with van der Waals surface area (Å²) in [5.74, 6) is -0.732. The Morgan fingerprint density at radius 1 is 1.17 bits per heavy atom. The predicted molar refractivity (Wildman–Crippen MR) is 133 cm³/mol. The van der Waals surface area contributed by atoms with Gasteiger partial charge in [-0.2, -0.15) is 0 Å². The maximum absolute atomic E-state index is 14.0. The lowest BCUT2D eigenvalue weighted by molar-refractivity contribution is -0.214. The van der Waals surface area contributed by atoms with Crippen molar-refractivity contribution >= 4 is 33.5 Å². The Labute approximate surface area is 216 Å². The van der Waals surface area contributed by atoms with E-state index in [0.29, 0.717) is 19.3 Å². The molecule has 4 aliphatic rings. The number of ether oxygens (including phenoxy) is 3. The third-order valence-electron chi connectivity index (χ3n) is 10.3. The molecule has 7 nitrogen and oxygen atoms in total. The molecule has 0 aromatic rings. The number of allylic oxidation sites excluding steroid dienone is 1. The molecule has 0 spiro atoms. The van der Waals surface area contributed by atoms with E-state index in [1.165, 1.54) is 21.1 Å². The van der Waals surface area contributed by atoms with Gasteiger partial charge in [0.2, 0.25) is 5.78 Å². The molecule has 1 unspecified atom stereocenters. The number of carbonyl (C=O) groups excluding carboxylic acids is 3. The van der Waals surface area contributed by atoms with E-state index < -0.39 is 39.5 Å². The number of carbonyl (C=O) groups is 3. The molecular weight excluding hydrogens is 516 g/mol. The fraction of sp³-hybridized carbons (Fsp3) is 0.815. The van der Waals surface area contributed by atoms with Crippen LogP contribution in [0.4, 0.5) is 0 Å². The van der Waals surface area contributed by atoms with Gasteiger partial charge in [0.25, 0.3) is 6.29 Å². The molecule has 4 aliphatic carbocycles. The van der Waals surface area contributed by atoms with Crippen molar-refractivity contribution in [2.45, 2.75) is 89.0 Å². The molecule has 0 aromatic heterocycles. The minimum atomic E-state index is -1.38. The number of aliphatic hydroxyl groups excluding tert-OH is 1. The molecule has 1 N–H and O–H groups in total. The normalized spacial score (nSPS) is 47.7. The average molecular weight is 556 g/mol. The molecule has 0 bridgehead atoms. The number of rotatable bonds is 5. The highest BCUT2D eigenvalue weighted by atomic mass is 79.9. The Balaban J connectivity index is 1.83. The van der Waals surface area contributed by atoms with Crippen LogP contribution in [-0.4, -0.2) is 59.2 Å². The van der Waals surface area contributed by atoms with Gasteiger partial charge in [-0.1, -0.05) is 49.2 Å². The van der Waals surface area contributed by atoms with E-state index >= 15 is 0 Å². The number of halogens is 1. The fourth-order valence-corrected chi connectivity index (χ4v) is 9.98. The topological polar surface area (TPSA) is 99.1 Å². The van der Waals surface area contributed by atoms with Crippen molar-refractivity contribution < 1.29 is 33.7 Å². The summed E-state index contributed by atoms with van der Waals surface area (Å²) < 4.78 is 16.1. The minimum Gasteiger partial charge on any atom is -0.428 e. The highest BCUT2D eigenvalue weighted by Gasteiger charge is 2.76. The van der Waals surface area contributed by atoms with Crippen molar-refractivity contribution in [2.75, 3.05) is 14.2 Å². The zero-order chi connectivity index (χ0) is 26.1. The second kappa shape index (κ2) is 8.74. The van der Waals surface area contributed by atoms with Crippen molar-refractivity contribution in [3.05, 3.63) is 11.6 Å². The number of Topliss-reactive ketones (excluding diaryl/α,β-unsaturated/α-hetero) is 1. The van der Waals surface area contributed by atoms with Gasteiger partial charge in [0.15, 0.2) is 5.78 Å². The molecule has 10 atom stereocenters. The van der Waals surface area contributed by atoms with Gasteiger partial charge < -0.3 is 19.3 Å². The number of esters is 1. The maximum atomic E-state index is 14.0. The zero-order valence-electron chi connectivity index (χ0n) is 21.9. The summed E-state index contributed by atoms with van der Waals surface area (Å²) >= 11 is 4.11. The Morgan fingerprint density at radius 2 is 1.83 bits per heavy atom. The van der Waals surface area contributed by atoms with E-state index in [9.17, 15) is 19.5 Å². The van der Waals surface area contributed by atoms with Crippen LogP contribution in [0.5, 0.6) is 0 Å². The molecule has 4 rings (SSSR count). The molecule has 196 valence electrons. The van der Waals surface area contributed by atoms with Gasteiger partial charge in [0.05, 0.1) is 10.4 Å².